The van der Waals surface area contributed by atoms with Crippen LogP contribution in [0.2, 0.25) is 0 Å². The van der Waals surface area contributed by atoms with Crippen LogP contribution < -0.4 is 0 Å². The summed E-state index contributed by atoms with van der Waals surface area (Å²) in [6, 6.07) is 0. The van der Waals surface area contributed by atoms with Gasteiger partial charge in [-0.1, -0.05) is 70.8 Å². The van der Waals surface area contributed by atoms with E-state index in [4.69, 9.17) is 4.74 Å². The topological polar surface area (TPSA) is 46.5 Å². The fraction of sp³-hybridized carbons (Fsp3) is 0.800. The smallest absolute Gasteiger partial charge is 0.306 e. The third-order valence-corrected chi connectivity index (χ3v) is 9.68. The molecule has 0 saturated heterocycles. The summed E-state index contributed by atoms with van der Waals surface area (Å²) in [4.78, 5) is 12.1. The average molecular weight is 527 g/mol. The molecular weight excluding hydrogens is 468 g/mol. The van der Waals surface area contributed by atoms with Gasteiger partial charge in [0, 0.05) is 6.42 Å². The van der Waals surface area contributed by atoms with Gasteiger partial charge in [0.15, 0.2) is 0 Å². The molecule has 0 amide bonds. The molecule has 0 aliphatic heterocycles. The summed E-state index contributed by atoms with van der Waals surface area (Å²) in [5.74, 6) is 3.10. The predicted molar refractivity (Wildman–Crippen MR) is 160 cm³/mol. The Morgan fingerprint density at radius 2 is 1.82 bits per heavy atom. The van der Waals surface area contributed by atoms with E-state index in [2.05, 4.69) is 45.9 Å². The minimum atomic E-state index is -0.418. The summed E-state index contributed by atoms with van der Waals surface area (Å²) in [6.45, 7) is 15.6. The molecule has 3 saturated carbocycles. The third kappa shape index (κ3) is 8.83. The van der Waals surface area contributed by atoms with E-state index in [-0.39, 0.29) is 12.1 Å². The summed E-state index contributed by atoms with van der Waals surface area (Å²) in [5.41, 5.74) is 4.37. The number of carbonyl (C=O) groups excluding carboxylic acids is 1. The Hall–Kier alpha value is -1.35. The number of hydrogen-bond donors (Lipinski definition) is 1. The number of rotatable bonds is 10. The van der Waals surface area contributed by atoms with Gasteiger partial charge >= 0.3 is 5.97 Å². The van der Waals surface area contributed by atoms with Gasteiger partial charge in [0.05, 0.1) is 6.10 Å². The highest BCUT2D eigenvalue weighted by Gasteiger charge is 2.50. The second-order valence-electron chi connectivity index (χ2n) is 14.4. The molecule has 3 aliphatic carbocycles. The largest absolute Gasteiger partial charge is 0.460 e. The van der Waals surface area contributed by atoms with Gasteiger partial charge in [0.1, 0.15) is 5.60 Å². The van der Waals surface area contributed by atoms with Crippen molar-refractivity contribution in [2.45, 2.75) is 150 Å². The molecule has 0 aromatic heterocycles. The van der Waals surface area contributed by atoms with E-state index in [9.17, 15) is 9.90 Å². The molecule has 0 spiro atoms. The van der Waals surface area contributed by atoms with Gasteiger partial charge < -0.3 is 9.84 Å². The van der Waals surface area contributed by atoms with Crippen LogP contribution in [-0.4, -0.2) is 22.8 Å². The molecule has 3 fully saturated rings. The molecule has 0 unspecified atom stereocenters. The maximum atomic E-state index is 12.1. The lowest BCUT2D eigenvalue weighted by Gasteiger charge is -2.44. The van der Waals surface area contributed by atoms with E-state index in [1.807, 2.05) is 20.8 Å². The van der Waals surface area contributed by atoms with Crippen molar-refractivity contribution in [3.8, 4) is 0 Å². The van der Waals surface area contributed by atoms with Crippen LogP contribution in [0.5, 0.6) is 0 Å². The molecule has 0 aromatic carbocycles. The molecule has 0 heterocycles. The minimum Gasteiger partial charge on any atom is -0.460 e. The Kier molecular flexibility index (Phi) is 11.3. The molecule has 1 N–H and O–H groups in total. The zero-order valence-corrected chi connectivity index (χ0v) is 25.8. The Balaban J connectivity index is 1.65. The molecule has 38 heavy (non-hydrogen) atoms. The molecule has 3 nitrogen and oxygen atoms in total. The molecule has 3 aliphatic rings. The van der Waals surface area contributed by atoms with E-state index in [0.29, 0.717) is 11.8 Å². The Labute approximate surface area is 234 Å². The van der Waals surface area contributed by atoms with Crippen molar-refractivity contribution in [1.82, 2.24) is 0 Å². The second-order valence-corrected chi connectivity index (χ2v) is 14.4. The zero-order valence-electron chi connectivity index (χ0n) is 25.8. The van der Waals surface area contributed by atoms with Crippen LogP contribution in [0.1, 0.15) is 138 Å². The van der Waals surface area contributed by atoms with Gasteiger partial charge in [-0.2, -0.15) is 0 Å². The number of allylic oxidation sites excluding steroid dienone is 5. The monoisotopic (exact) mass is 526 g/mol. The highest BCUT2D eigenvalue weighted by molar-refractivity contribution is 5.69. The van der Waals surface area contributed by atoms with Crippen molar-refractivity contribution in [1.29, 1.82) is 0 Å². The van der Waals surface area contributed by atoms with Gasteiger partial charge in [-0.25, -0.2) is 0 Å². The summed E-state index contributed by atoms with van der Waals surface area (Å²) in [5, 5.41) is 10.4. The minimum absolute atomic E-state index is 0.111. The molecule has 5 atom stereocenters. The first kappa shape index (κ1) is 31.2. The van der Waals surface area contributed by atoms with Crippen LogP contribution in [0, 0.1) is 29.1 Å². The summed E-state index contributed by atoms with van der Waals surface area (Å²) in [6.07, 6.45) is 22.3. The maximum absolute atomic E-state index is 12.1. The van der Waals surface area contributed by atoms with Gasteiger partial charge in [-0.05, 0) is 125 Å². The fourth-order valence-corrected chi connectivity index (χ4v) is 7.76. The SMILES string of the molecule is CC(C)CCC[C@@H](C)[C@H]1CC[C@H]2/C(=C/C=C3/C[C@@H](O)CC/C3=C\CCCC(=O)OC(C)(C)C)CCC[C@]12C. The average Bonchev–Trinajstić information content (AvgIpc) is 3.17. The number of carbonyl (C=O) groups is 1. The van der Waals surface area contributed by atoms with Crippen molar-refractivity contribution in [3.63, 3.8) is 0 Å². The van der Waals surface area contributed by atoms with Gasteiger partial charge in [-0.15, -0.1) is 0 Å². The summed E-state index contributed by atoms with van der Waals surface area (Å²) in [7, 11) is 0. The maximum Gasteiger partial charge on any atom is 0.306 e. The lowest BCUT2D eigenvalue weighted by atomic mass is 9.60. The van der Waals surface area contributed by atoms with E-state index in [1.54, 1.807) is 5.57 Å². The molecular formula is C35H58O3. The first-order chi connectivity index (χ1) is 17.9. The highest BCUT2D eigenvalue weighted by atomic mass is 16.6. The Morgan fingerprint density at radius 1 is 1.05 bits per heavy atom. The Morgan fingerprint density at radius 3 is 2.53 bits per heavy atom. The van der Waals surface area contributed by atoms with Crippen LogP contribution in [0.4, 0.5) is 0 Å². The van der Waals surface area contributed by atoms with Crippen LogP contribution in [0.3, 0.4) is 0 Å². The van der Waals surface area contributed by atoms with Crippen molar-refractivity contribution < 1.29 is 14.6 Å². The number of aliphatic hydroxyl groups excluding tert-OH is 1. The molecule has 0 aromatic rings. The van der Waals surface area contributed by atoms with Crippen molar-refractivity contribution in [2.24, 2.45) is 29.1 Å². The normalized spacial score (nSPS) is 32.2. The molecule has 0 bridgehead atoms. The third-order valence-electron chi connectivity index (χ3n) is 9.68. The zero-order chi connectivity index (χ0) is 27.9. The standard InChI is InChI=1S/C35H58O3/c1-25(2)12-10-13-26(3)31-21-22-32-28(15-11-23-35(31,32)7)17-18-29-24-30(36)20-19-27(29)14-8-9-16-33(37)38-34(4,5)6/h14,17-18,25-26,30-32,36H,8-13,15-16,19-24H2,1-7H3/b27-14+,28-17+,29-18-/t26-,30+,31-,32+,35-/m1/s1. The first-order valence-corrected chi connectivity index (χ1v) is 15.9. The lowest BCUT2D eigenvalue weighted by Crippen LogP contribution is -2.36. The van der Waals surface area contributed by atoms with Gasteiger partial charge in [0.25, 0.3) is 0 Å². The number of aliphatic hydroxyl groups is 1. The highest BCUT2D eigenvalue weighted by Crippen LogP contribution is 2.60. The van der Waals surface area contributed by atoms with E-state index in [1.165, 1.54) is 62.5 Å². The van der Waals surface area contributed by atoms with Crippen molar-refractivity contribution in [3.05, 3.63) is 34.9 Å². The molecule has 0 radical (unpaired) electrons. The van der Waals surface area contributed by atoms with E-state index >= 15 is 0 Å². The van der Waals surface area contributed by atoms with Gasteiger partial charge in [0.2, 0.25) is 0 Å². The summed E-state index contributed by atoms with van der Waals surface area (Å²) < 4.78 is 5.45. The van der Waals surface area contributed by atoms with Crippen LogP contribution in [-0.2, 0) is 9.53 Å². The van der Waals surface area contributed by atoms with Crippen LogP contribution in [0.25, 0.3) is 0 Å². The molecule has 3 heteroatoms. The first-order valence-electron chi connectivity index (χ1n) is 15.9. The molecule has 216 valence electrons. The Bertz CT molecular complexity index is 870. The number of ether oxygens (including phenoxy) is 1. The summed E-state index contributed by atoms with van der Waals surface area (Å²) >= 11 is 0. The number of fused-ring (bicyclic) bond motifs is 1. The quantitative estimate of drug-likeness (QED) is 0.228. The number of hydrogen-bond acceptors (Lipinski definition) is 3. The van der Waals surface area contributed by atoms with Crippen LogP contribution >= 0.6 is 0 Å². The van der Waals surface area contributed by atoms with E-state index < -0.39 is 5.60 Å². The number of unbranched alkanes of at least 4 members (excludes halogenated alkanes) is 1. The lowest BCUT2D eigenvalue weighted by molar-refractivity contribution is -0.154. The predicted octanol–water partition coefficient (Wildman–Crippen LogP) is 9.50. The van der Waals surface area contributed by atoms with Crippen LogP contribution in [0.15, 0.2) is 34.9 Å². The molecule has 3 rings (SSSR count). The second kappa shape index (κ2) is 13.8. The van der Waals surface area contributed by atoms with E-state index in [0.717, 1.165) is 55.8 Å². The van der Waals surface area contributed by atoms with Crippen molar-refractivity contribution in [2.75, 3.05) is 0 Å². The van der Waals surface area contributed by atoms with Gasteiger partial charge in [-0.3, -0.25) is 4.79 Å². The number of esters is 1. The fourth-order valence-electron chi connectivity index (χ4n) is 7.76. The van der Waals surface area contributed by atoms with Crippen molar-refractivity contribution >= 4 is 5.97 Å².